The quantitative estimate of drug-likeness (QED) is 0.481. The molecule has 7 N–H and O–H groups in total. The molecule has 1 aromatic rings. The zero-order chi connectivity index (χ0) is 9.90. The average Bonchev–Trinajstić information content (AvgIpc) is 2.04. The van der Waals surface area contributed by atoms with Crippen LogP contribution in [0.5, 0.6) is 0 Å². The molecule has 0 unspecified atom stereocenters. The van der Waals surface area contributed by atoms with E-state index in [4.69, 9.17) is 11.1 Å². The van der Waals surface area contributed by atoms with Crippen molar-refractivity contribution in [3.63, 3.8) is 0 Å². The van der Waals surface area contributed by atoms with Crippen molar-refractivity contribution < 1.29 is 12.4 Å². The third-order valence-electron chi connectivity index (χ3n) is 2.19. The Balaban J connectivity index is 0. The van der Waals surface area contributed by atoms with E-state index in [0.717, 1.165) is 0 Å². The van der Waals surface area contributed by atoms with Gasteiger partial charge >= 0.3 is 0 Å². The molecule has 0 bridgehead atoms. The van der Waals surface area contributed by atoms with E-state index in [-0.39, 0.29) is 29.8 Å². The molecule has 0 radical (unpaired) electrons. The van der Waals surface area contributed by atoms with Gasteiger partial charge in [-0.2, -0.15) is 0 Å². The maximum Gasteiger partial charge on any atom is 0.0914 e. The van der Waals surface area contributed by atoms with E-state index < -0.39 is 0 Å². The minimum Gasteiger partial charge on any atom is -1.00 e. The van der Waals surface area contributed by atoms with Gasteiger partial charge in [-0.25, -0.2) is 0 Å². The van der Waals surface area contributed by atoms with Crippen molar-refractivity contribution in [3.8, 4) is 0 Å². The van der Waals surface area contributed by atoms with Crippen molar-refractivity contribution in [2.45, 2.75) is 25.7 Å². The summed E-state index contributed by atoms with van der Waals surface area (Å²) >= 11 is 0. The standard InChI is InChI=1S/C11H16N2.ClH.H3N/c1-11(2,8-10(12)13)9-6-4-3-5-7-9;;/h3-7H,8H2,1-2H3,(H3,12,13);1H;1H3. The van der Waals surface area contributed by atoms with Crippen molar-refractivity contribution in [1.82, 2.24) is 6.15 Å². The van der Waals surface area contributed by atoms with Crippen LogP contribution in [0, 0.1) is 5.41 Å². The molecule has 0 atom stereocenters. The first-order chi connectivity index (χ1) is 6.02. The molecule has 0 saturated heterocycles. The monoisotopic (exact) mass is 229 g/mol. The Morgan fingerprint density at radius 3 is 2.13 bits per heavy atom. The summed E-state index contributed by atoms with van der Waals surface area (Å²) in [6, 6.07) is 10.2. The van der Waals surface area contributed by atoms with Gasteiger partial charge in [-0.3, -0.25) is 5.41 Å². The summed E-state index contributed by atoms with van der Waals surface area (Å²) in [5, 5.41) is 7.28. The lowest BCUT2D eigenvalue weighted by molar-refractivity contribution is -0.00000405. The lowest BCUT2D eigenvalue weighted by Crippen LogP contribution is -3.00. The van der Waals surface area contributed by atoms with Crippen LogP contribution >= 0.6 is 0 Å². The molecular formula is C11H20ClN3. The molecule has 86 valence electrons. The third kappa shape index (κ3) is 4.81. The van der Waals surface area contributed by atoms with Crippen LogP contribution in [-0.4, -0.2) is 5.84 Å². The smallest absolute Gasteiger partial charge is 0.0914 e. The topological polar surface area (TPSA) is 86.4 Å². The molecule has 4 heteroatoms. The molecule has 0 aliphatic heterocycles. The maximum absolute atomic E-state index is 7.28. The molecule has 1 aromatic carbocycles. The van der Waals surface area contributed by atoms with Gasteiger partial charge in [0, 0.05) is 6.42 Å². The van der Waals surface area contributed by atoms with Crippen LogP contribution in [0.3, 0.4) is 0 Å². The van der Waals surface area contributed by atoms with Gasteiger partial charge in [0.15, 0.2) is 0 Å². The van der Waals surface area contributed by atoms with E-state index >= 15 is 0 Å². The van der Waals surface area contributed by atoms with Crippen molar-refractivity contribution in [3.05, 3.63) is 35.9 Å². The molecule has 1 rings (SSSR count). The molecular weight excluding hydrogens is 210 g/mol. The molecule has 0 aromatic heterocycles. The van der Waals surface area contributed by atoms with Gasteiger partial charge in [-0.05, 0) is 11.0 Å². The highest BCUT2D eigenvalue weighted by Crippen LogP contribution is 2.25. The van der Waals surface area contributed by atoms with Crippen LogP contribution in [0.15, 0.2) is 30.3 Å². The Labute approximate surface area is 97.6 Å². The molecule has 0 spiro atoms. The van der Waals surface area contributed by atoms with E-state index in [1.54, 1.807) is 0 Å². The van der Waals surface area contributed by atoms with Crippen molar-refractivity contribution in [2.24, 2.45) is 5.73 Å². The number of hydrogen-bond donors (Lipinski definition) is 3. The van der Waals surface area contributed by atoms with E-state index in [1.807, 2.05) is 18.2 Å². The highest BCUT2D eigenvalue weighted by Gasteiger charge is 2.20. The summed E-state index contributed by atoms with van der Waals surface area (Å²) in [5.74, 6) is 0.244. The molecule has 0 aliphatic carbocycles. The number of halogens is 1. The zero-order valence-corrected chi connectivity index (χ0v) is 10.3. The maximum atomic E-state index is 7.28. The molecule has 0 aliphatic rings. The Morgan fingerprint density at radius 2 is 1.73 bits per heavy atom. The van der Waals surface area contributed by atoms with Gasteiger partial charge in [-0.15, -0.1) is 0 Å². The second kappa shape index (κ2) is 6.43. The summed E-state index contributed by atoms with van der Waals surface area (Å²) in [7, 11) is 0. The second-order valence-electron chi connectivity index (χ2n) is 3.95. The average molecular weight is 230 g/mol. The van der Waals surface area contributed by atoms with E-state index in [2.05, 4.69) is 26.0 Å². The number of rotatable bonds is 3. The largest absolute Gasteiger partial charge is 1.00 e. The van der Waals surface area contributed by atoms with Gasteiger partial charge in [0.05, 0.1) is 5.84 Å². The van der Waals surface area contributed by atoms with Gasteiger partial charge in [0.1, 0.15) is 0 Å². The van der Waals surface area contributed by atoms with Gasteiger partial charge < -0.3 is 24.3 Å². The van der Waals surface area contributed by atoms with Gasteiger partial charge in [0.2, 0.25) is 0 Å². The molecule has 0 saturated carbocycles. The van der Waals surface area contributed by atoms with Crippen LogP contribution in [-0.2, 0) is 5.41 Å². The van der Waals surface area contributed by atoms with Gasteiger partial charge in [-0.1, -0.05) is 44.2 Å². The lowest BCUT2D eigenvalue weighted by Gasteiger charge is -2.24. The van der Waals surface area contributed by atoms with E-state index in [9.17, 15) is 0 Å². The van der Waals surface area contributed by atoms with Crippen LogP contribution in [0.4, 0.5) is 0 Å². The molecule has 0 amide bonds. The minimum atomic E-state index is -0.0346. The number of nitrogens with one attached hydrogen (secondary N) is 1. The van der Waals surface area contributed by atoms with Crippen LogP contribution < -0.4 is 24.3 Å². The zero-order valence-electron chi connectivity index (χ0n) is 9.55. The molecule has 0 heterocycles. The first kappa shape index (κ1) is 16.4. The minimum absolute atomic E-state index is 0. The summed E-state index contributed by atoms with van der Waals surface area (Å²) < 4.78 is 0. The van der Waals surface area contributed by atoms with Crippen molar-refractivity contribution in [2.75, 3.05) is 0 Å². The number of amidine groups is 1. The fourth-order valence-electron chi connectivity index (χ4n) is 1.47. The Bertz CT molecular complexity index is 296. The SMILES string of the molecule is CC(C)(CC(=N)N)c1ccccc1.[Cl-].[NH4+]. The Kier molecular flexibility index (Phi) is 7.02. The third-order valence-corrected chi connectivity index (χ3v) is 2.19. The van der Waals surface area contributed by atoms with E-state index in [1.165, 1.54) is 5.56 Å². The predicted molar refractivity (Wildman–Crippen MR) is 62.0 cm³/mol. The first-order valence-electron chi connectivity index (χ1n) is 4.41. The number of benzene rings is 1. The Morgan fingerprint density at radius 1 is 1.27 bits per heavy atom. The fourth-order valence-corrected chi connectivity index (χ4v) is 1.47. The highest BCUT2D eigenvalue weighted by molar-refractivity contribution is 5.78. The molecule has 3 nitrogen and oxygen atoms in total. The second-order valence-corrected chi connectivity index (χ2v) is 3.95. The molecule has 0 fully saturated rings. The summed E-state index contributed by atoms with van der Waals surface area (Å²) in [6.45, 7) is 4.20. The lowest BCUT2D eigenvalue weighted by atomic mass is 9.81. The summed E-state index contributed by atoms with van der Waals surface area (Å²) in [5.41, 5.74) is 6.59. The summed E-state index contributed by atoms with van der Waals surface area (Å²) in [4.78, 5) is 0. The number of nitrogens with two attached hydrogens (primary N) is 1. The first-order valence-corrected chi connectivity index (χ1v) is 4.41. The number of hydrogen-bond acceptors (Lipinski definition) is 1. The van der Waals surface area contributed by atoms with Crippen molar-refractivity contribution >= 4 is 5.84 Å². The highest BCUT2D eigenvalue weighted by atomic mass is 35.5. The normalized spacial score (nSPS) is 9.73. The predicted octanol–water partition coefficient (Wildman–Crippen LogP) is -0.330. The summed E-state index contributed by atoms with van der Waals surface area (Å²) in [6.07, 6.45) is 0.608. The fraction of sp³-hybridized carbons (Fsp3) is 0.364. The van der Waals surface area contributed by atoms with Crippen LogP contribution in [0.25, 0.3) is 0 Å². The number of quaternary nitrogens is 1. The molecule has 15 heavy (non-hydrogen) atoms. The van der Waals surface area contributed by atoms with Crippen molar-refractivity contribution in [1.29, 1.82) is 5.41 Å². The van der Waals surface area contributed by atoms with E-state index in [0.29, 0.717) is 6.42 Å². The van der Waals surface area contributed by atoms with Gasteiger partial charge in [0.25, 0.3) is 0 Å². The van der Waals surface area contributed by atoms with Crippen LogP contribution in [0.1, 0.15) is 25.8 Å². The Hall–Kier alpha value is -1.06. The van der Waals surface area contributed by atoms with Crippen LogP contribution in [0.2, 0.25) is 0 Å².